The van der Waals surface area contributed by atoms with Crippen LogP contribution < -0.4 is 0 Å². The Morgan fingerprint density at radius 1 is 1.00 bits per heavy atom. The zero-order chi connectivity index (χ0) is 9.82. The molecule has 0 bridgehead atoms. The molecule has 0 heterocycles. The Kier molecular flexibility index (Phi) is 3.89. The molecule has 0 aromatic carbocycles. The first-order chi connectivity index (χ1) is 4.36. The molecule has 0 aliphatic heterocycles. The van der Waals surface area contributed by atoms with E-state index in [4.69, 9.17) is 0 Å². The normalized spacial score (nSPS) is 17.7. The van der Waals surface area contributed by atoms with Crippen LogP contribution >= 0.6 is 17.0 Å². The zero-order valence-electron chi connectivity index (χ0n) is 5.84. The molecule has 0 fully saturated rings. The summed E-state index contributed by atoms with van der Waals surface area (Å²) in [4.78, 5) is 0. The molecule has 0 aliphatic carbocycles. The minimum atomic E-state index is -10.7. The van der Waals surface area contributed by atoms with Crippen LogP contribution in [0.4, 0.5) is 25.2 Å². The fourth-order valence-electron chi connectivity index (χ4n) is 0. The van der Waals surface area contributed by atoms with Gasteiger partial charge in [-0.05, 0) is 15.7 Å². The van der Waals surface area contributed by atoms with Crippen molar-refractivity contribution in [1.29, 1.82) is 0 Å². The Bertz CT molecular complexity index is 94.2. The molecular formula is C3H10F6P2. The molecule has 0 radical (unpaired) electrons. The monoisotopic (exact) mass is 222 g/mol. The molecule has 0 saturated carbocycles. The summed E-state index contributed by atoms with van der Waals surface area (Å²) in [6.07, 6.45) is 2.68. The van der Waals surface area contributed by atoms with Crippen molar-refractivity contribution in [1.82, 2.24) is 0 Å². The second-order valence-electron chi connectivity index (χ2n) is 1.81. The van der Waals surface area contributed by atoms with Crippen molar-refractivity contribution in [2.75, 3.05) is 6.16 Å². The average molecular weight is 222 g/mol. The Morgan fingerprint density at radius 3 is 1.09 bits per heavy atom. The summed E-state index contributed by atoms with van der Waals surface area (Å²) >= 11 is 0. The van der Waals surface area contributed by atoms with Crippen LogP contribution in [-0.4, -0.2) is 6.16 Å². The van der Waals surface area contributed by atoms with E-state index in [9.17, 15) is 25.2 Å². The first-order valence-corrected chi connectivity index (χ1v) is 5.75. The summed E-state index contributed by atoms with van der Waals surface area (Å²) in [5.74, 6) is 0. The van der Waals surface area contributed by atoms with E-state index < -0.39 is 7.81 Å². The molecule has 0 nitrogen and oxygen atoms in total. The van der Waals surface area contributed by atoms with Crippen LogP contribution in [0.2, 0.25) is 0 Å². The fraction of sp³-hybridized carbons (Fsp3) is 1.00. The van der Waals surface area contributed by atoms with Crippen molar-refractivity contribution < 1.29 is 25.2 Å². The third-order valence-electron chi connectivity index (χ3n) is 0.354. The quantitative estimate of drug-likeness (QED) is 0.456. The molecule has 0 aliphatic rings. The number of halogens is 6. The van der Waals surface area contributed by atoms with Crippen LogP contribution in [0, 0.1) is 0 Å². The van der Waals surface area contributed by atoms with Gasteiger partial charge in [-0.1, -0.05) is 6.92 Å². The van der Waals surface area contributed by atoms with Gasteiger partial charge < -0.3 is 0 Å². The van der Waals surface area contributed by atoms with E-state index in [1.54, 1.807) is 0 Å². The van der Waals surface area contributed by atoms with Crippen molar-refractivity contribution >= 4 is 17.0 Å². The van der Waals surface area contributed by atoms with Crippen molar-refractivity contribution in [2.24, 2.45) is 0 Å². The van der Waals surface area contributed by atoms with Crippen LogP contribution in [0.5, 0.6) is 0 Å². The van der Waals surface area contributed by atoms with Gasteiger partial charge >= 0.3 is 33.0 Å². The van der Waals surface area contributed by atoms with E-state index in [0.717, 1.165) is 0 Å². The van der Waals surface area contributed by atoms with E-state index >= 15 is 0 Å². The van der Waals surface area contributed by atoms with E-state index in [1.165, 1.54) is 12.6 Å². The standard InChI is InChI=1S/C3H9P.F6P/c1-2-3-4;1-7(2,3,4,5)6/h2-4H2,1H3;/q;-1/p+1. The fourth-order valence-corrected chi connectivity index (χ4v) is 0. The second-order valence-corrected chi connectivity index (χ2v) is 4.44. The molecule has 0 amide bonds. The molecule has 0 N–H and O–H groups in total. The average Bonchev–Trinajstić information content (AvgIpc) is 1.57. The summed E-state index contributed by atoms with van der Waals surface area (Å²) in [6.45, 7) is 2.19. The molecule has 0 spiro atoms. The molecule has 0 saturated heterocycles. The van der Waals surface area contributed by atoms with Gasteiger partial charge in [0.2, 0.25) is 0 Å². The predicted molar refractivity (Wildman–Crippen MR) is 39.8 cm³/mol. The molecule has 1 atom stereocenters. The van der Waals surface area contributed by atoms with Crippen LogP contribution in [-0.2, 0) is 0 Å². The van der Waals surface area contributed by atoms with Gasteiger partial charge in [-0.3, -0.25) is 0 Å². The van der Waals surface area contributed by atoms with Gasteiger partial charge in [0, 0.05) is 0 Å². The SMILES string of the molecule is CCC[PH3+].F[P-](F)(F)(F)(F)F. The van der Waals surface area contributed by atoms with Crippen LogP contribution in [0.3, 0.4) is 0 Å². The van der Waals surface area contributed by atoms with Crippen LogP contribution in [0.1, 0.15) is 13.3 Å². The first kappa shape index (κ1) is 14.0. The van der Waals surface area contributed by atoms with Crippen molar-refractivity contribution in [3.8, 4) is 0 Å². The van der Waals surface area contributed by atoms with E-state index in [1.807, 2.05) is 9.24 Å². The molecule has 0 aromatic rings. The summed E-state index contributed by atoms with van der Waals surface area (Å²) in [7, 11) is -8.64. The van der Waals surface area contributed by atoms with Crippen molar-refractivity contribution in [3.63, 3.8) is 0 Å². The first-order valence-electron chi connectivity index (χ1n) is 2.72. The van der Waals surface area contributed by atoms with Crippen LogP contribution in [0.15, 0.2) is 0 Å². The summed E-state index contributed by atoms with van der Waals surface area (Å²) in [5.41, 5.74) is 0. The maximum absolute atomic E-state index is 10.7. The van der Waals surface area contributed by atoms with E-state index in [-0.39, 0.29) is 0 Å². The van der Waals surface area contributed by atoms with Gasteiger partial charge in [0.1, 0.15) is 0 Å². The van der Waals surface area contributed by atoms with Gasteiger partial charge in [0.15, 0.2) is 0 Å². The number of hydrogen-bond donors (Lipinski definition) is 0. The van der Waals surface area contributed by atoms with Gasteiger partial charge in [-0.2, -0.15) is 0 Å². The van der Waals surface area contributed by atoms with Crippen molar-refractivity contribution in [2.45, 2.75) is 13.3 Å². The molecule has 74 valence electrons. The molecule has 0 aromatic heterocycles. The Balaban J connectivity index is 0. The topological polar surface area (TPSA) is 0 Å². The van der Waals surface area contributed by atoms with E-state index in [0.29, 0.717) is 0 Å². The molecule has 0 rings (SSSR count). The molecule has 1 unspecified atom stereocenters. The minimum absolute atomic E-state index is 1.33. The van der Waals surface area contributed by atoms with Crippen molar-refractivity contribution in [3.05, 3.63) is 0 Å². The number of hydrogen-bond acceptors (Lipinski definition) is 0. The Hall–Kier alpha value is 0.440. The van der Waals surface area contributed by atoms with Gasteiger partial charge in [0.25, 0.3) is 0 Å². The van der Waals surface area contributed by atoms with Gasteiger partial charge in [0.05, 0.1) is 6.16 Å². The van der Waals surface area contributed by atoms with Gasteiger partial charge in [-0.15, -0.1) is 0 Å². The number of rotatable bonds is 1. The van der Waals surface area contributed by atoms with E-state index in [2.05, 4.69) is 6.92 Å². The summed E-state index contributed by atoms with van der Waals surface area (Å²) in [5, 5.41) is 0. The second kappa shape index (κ2) is 3.06. The van der Waals surface area contributed by atoms with Crippen LogP contribution in [0.25, 0.3) is 0 Å². The zero-order valence-corrected chi connectivity index (χ0v) is 8.14. The Labute approximate surface area is 62.8 Å². The third kappa shape index (κ3) is 359. The van der Waals surface area contributed by atoms with Gasteiger partial charge in [-0.25, -0.2) is 0 Å². The Morgan fingerprint density at radius 2 is 1.09 bits per heavy atom. The molecular weight excluding hydrogens is 212 g/mol. The maximum atomic E-state index is 9.87. The molecule has 8 heteroatoms. The summed E-state index contributed by atoms with van der Waals surface area (Å²) < 4.78 is 59.2. The molecule has 11 heavy (non-hydrogen) atoms. The predicted octanol–water partition coefficient (Wildman–Crippen LogP) is 4.39. The third-order valence-corrected chi connectivity index (χ3v) is 1.06. The summed E-state index contributed by atoms with van der Waals surface area (Å²) in [6, 6.07) is 0.